The van der Waals surface area contributed by atoms with Crippen LogP contribution < -0.4 is 0 Å². The molecule has 1 fully saturated rings. The van der Waals surface area contributed by atoms with Gasteiger partial charge in [0.2, 0.25) is 0 Å². The van der Waals surface area contributed by atoms with Crippen LogP contribution in [0.25, 0.3) is 0 Å². The Bertz CT molecular complexity index is 448. The Morgan fingerprint density at radius 2 is 2.00 bits per heavy atom. The van der Waals surface area contributed by atoms with Crippen LogP contribution in [0.5, 0.6) is 0 Å². The molecule has 0 aliphatic carbocycles. The summed E-state index contributed by atoms with van der Waals surface area (Å²) < 4.78 is 0. The highest BCUT2D eigenvalue weighted by Crippen LogP contribution is 2.30. The number of aryl methyl sites for hydroxylation is 2. The fraction of sp³-hybridized carbons (Fsp3) is 0.562. The Hall–Kier alpha value is -1.35. The van der Waals surface area contributed by atoms with Crippen LogP contribution >= 0.6 is 0 Å². The Kier molecular flexibility index (Phi) is 4.59. The lowest BCUT2D eigenvalue weighted by molar-refractivity contribution is -0.137. The smallest absolute Gasteiger partial charge is 0.304 e. The SMILES string of the molecule is Cc1ccc(C)c(C2CCN(CCC(=O)O)CC2)c1. The Morgan fingerprint density at radius 3 is 2.63 bits per heavy atom. The van der Waals surface area contributed by atoms with Crippen LogP contribution in [0.2, 0.25) is 0 Å². The van der Waals surface area contributed by atoms with Gasteiger partial charge in [0.25, 0.3) is 0 Å². The molecule has 0 atom stereocenters. The maximum Gasteiger partial charge on any atom is 0.304 e. The van der Waals surface area contributed by atoms with Crippen molar-refractivity contribution < 1.29 is 9.90 Å². The van der Waals surface area contributed by atoms with Gasteiger partial charge in [-0.05, 0) is 56.8 Å². The number of benzene rings is 1. The van der Waals surface area contributed by atoms with E-state index in [1.165, 1.54) is 16.7 Å². The molecule has 1 aliphatic rings. The summed E-state index contributed by atoms with van der Waals surface area (Å²) in [6.45, 7) is 7.06. The molecule has 3 nitrogen and oxygen atoms in total. The van der Waals surface area contributed by atoms with E-state index in [-0.39, 0.29) is 6.42 Å². The van der Waals surface area contributed by atoms with E-state index in [9.17, 15) is 4.79 Å². The van der Waals surface area contributed by atoms with Crippen molar-refractivity contribution in [1.82, 2.24) is 4.90 Å². The summed E-state index contributed by atoms with van der Waals surface area (Å²) in [6.07, 6.45) is 2.54. The van der Waals surface area contributed by atoms with Crippen LogP contribution in [0.4, 0.5) is 0 Å². The zero-order chi connectivity index (χ0) is 13.8. The lowest BCUT2D eigenvalue weighted by atomic mass is 9.86. The number of carboxylic acid groups (broad SMARTS) is 1. The quantitative estimate of drug-likeness (QED) is 0.906. The van der Waals surface area contributed by atoms with Gasteiger partial charge in [-0.2, -0.15) is 0 Å². The van der Waals surface area contributed by atoms with E-state index in [2.05, 4.69) is 36.9 Å². The molecule has 0 saturated carbocycles. The summed E-state index contributed by atoms with van der Waals surface area (Å²) in [5.74, 6) is -0.0577. The predicted molar refractivity (Wildman–Crippen MR) is 76.6 cm³/mol. The van der Waals surface area contributed by atoms with E-state index in [0.29, 0.717) is 12.5 Å². The molecule has 0 spiro atoms. The van der Waals surface area contributed by atoms with Crippen molar-refractivity contribution in [2.75, 3.05) is 19.6 Å². The zero-order valence-corrected chi connectivity index (χ0v) is 11.9. The summed E-state index contributed by atoms with van der Waals surface area (Å²) in [5.41, 5.74) is 4.20. The van der Waals surface area contributed by atoms with E-state index < -0.39 is 5.97 Å². The number of aliphatic carboxylic acids is 1. The summed E-state index contributed by atoms with van der Waals surface area (Å²) in [7, 11) is 0. The van der Waals surface area contributed by atoms with Crippen molar-refractivity contribution in [3.05, 3.63) is 34.9 Å². The Labute approximate surface area is 115 Å². The normalized spacial score (nSPS) is 17.6. The molecule has 19 heavy (non-hydrogen) atoms. The van der Waals surface area contributed by atoms with E-state index in [4.69, 9.17) is 5.11 Å². The number of piperidine rings is 1. The molecule has 2 rings (SSSR count). The van der Waals surface area contributed by atoms with Gasteiger partial charge in [-0.15, -0.1) is 0 Å². The summed E-state index contributed by atoms with van der Waals surface area (Å²) in [5, 5.41) is 8.71. The minimum atomic E-state index is -0.698. The van der Waals surface area contributed by atoms with Gasteiger partial charge in [0.05, 0.1) is 6.42 Å². The van der Waals surface area contributed by atoms with E-state index in [0.717, 1.165) is 25.9 Å². The molecule has 0 bridgehead atoms. The second-order valence-electron chi connectivity index (χ2n) is 5.62. The first-order chi connectivity index (χ1) is 9.06. The average Bonchev–Trinajstić information content (AvgIpc) is 2.40. The van der Waals surface area contributed by atoms with Crippen LogP contribution in [-0.4, -0.2) is 35.6 Å². The predicted octanol–water partition coefficient (Wildman–Crippen LogP) is 2.96. The minimum Gasteiger partial charge on any atom is -0.481 e. The van der Waals surface area contributed by atoms with Crippen molar-refractivity contribution in [2.24, 2.45) is 0 Å². The number of carbonyl (C=O) groups is 1. The minimum absolute atomic E-state index is 0.258. The molecule has 104 valence electrons. The Morgan fingerprint density at radius 1 is 1.32 bits per heavy atom. The van der Waals surface area contributed by atoms with Gasteiger partial charge < -0.3 is 10.0 Å². The van der Waals surface area contributed by atoms with E-state index >= 15 is 0 Å². The monoisotopic (exact) mass is 261 g/mol. The van der Waals surface area contributed by atoms with Gasteiger partial charge in [-0.25, -0.2) is 0 Å². The molecule has 0 aromatic heterocycles. The first-order valence-corrected chi connectivity index (χ1v) is 7.07. The average molecular weight is 261 g/mol. The van der Waals surface area contributed by atoms with Gasteiger partial charge in [-0.3, -0.25) is 4.79 Å². The second-order valence-corrected chi connectivity index (χ2v) is 5.62. The van der Waals surface area contributed by atoms with Crippen LogP contribution in [0, 0.1) is 13.8 Å². The molecule has 1 aliphatic heterocycles. The molecular weight excluding hydrogens is 238 g/mol. The lowest BCUT2D eigenvalue weighted by Crippen LogP contribution is -2.34. The molecule has 1 N–H and O–H groups in total. The molecule has 0 unspecified atom stereocenters. The molecule has 0 amide bonds. The number of carboxylic acids is 1. The highest BCUT2D eigenvalue weighted by molar-refractivity contribution is 5.66. The Balaban J connectivity index is 1.92. The van der Waals surface area contributed by atoms with Crippen LogP contribution in [0.15, 0.2) is 18.2 Å². The number of hydrogen-bond acceptors (Lipinski definition) is 2. The number of rotatable bonds is 4. The van der Waals surface area contributed by atoms with Crippen molar-refractivity contribution >= 4 is 5.97 Å². The van der Waals surface area contributed by atoms with E-state index in [1.54, 1.807) is 0 Å². The van der Waals surface area contributed by atoms with Crippen molar-refractivity contribution in [3.63, 3.8) is 0 Å². The van der Waals surface area contributed by atoms with Crippen molar-refractivity contribution in [1.29, 1.82) is 0 Å². The standard InChI is InChI=1S/C16H23NO2/c1-12-3-4-13(2)15(11-12)14-5-8-17(9-6-14)10-7-16(18)19/h3-4,11,14H,5-10H2,1-2H3,(H,18,19). The summed E-state index contributed by atoms with van der Waals surface area (Å²) >= 11 is 0. The largest absolute Gasteiger partial charge is 0.481 e. The molecule has 1 heterocycles. The third-order valence-electron chi connectivity index (χ3n) is 4.10. The third-order valence-corrected chi connectivity index (χ3v) is 4.10. The second kappa shape index (κ2) is 6.20. The van der Waals surface area contributed by atoms with Gasteiger partial charge >= 0.3 is 5.97 Å². The fourth-order valence-corrected chi connectivity index (χ4v) is 2.92. The summed E-state index contributed by atoms with van der Waals surface area (Å²) in [4.78, 5) is 12.9. The van der Waals surface area contributed by atoms with Crippen LogP contribution in [-0.2, 0) is 4.79 Å². The van der Waals surface area contributed by atoms with Crippen molar-refractivity contribution in [2.45, 2.75) is 39.0 Å². The third kappa shape index (κ3) is 3.80. The maximum atomic E-state index is 10.6. The van der Waals surface area contributed by atoms with Gasteiger partial charge in [0, 0.05) is 6.54 Å². The molecule has 1 aromatic rings. The van der Waals surface area contributed by atoms with Gasteiger partial charge in [0.1, 0.15) is 0 Å². The van der Waals surface area contributed by atoms with Gasteiger partial charge in [0.15, 0.2) is 0 Å². The van der Waals surface area contributed by atoms with E-state index in [1.807, 2.05) is 0 Å². The van der Waals surface area contributed by atoms with Gasteiger partial charge in [-0.1, -0.05) is 23.8 Å². The molecule has 3 heteroatoms. The van der Waals surface area contributed by atoms with Crippen molar-refractivity contribution in [3.8, 4) is 0 Å². The molecule has 1 saturated heterocycles. The number of nitrogens with zero attached hydrogens (tertiary/aromatic N) is 1. The molecule has 0 radical (unpaired) electrons. The van der Waals surface area contributed by atoms with Crippen LogP contribution in [0.3, 0.4) is 0 Å². The maximum absolute atomic E-state index is 10.6. The first kappa shape index (κ1) is 14.1. The topological polar surface area (TPSA) is 40.5 Å². The first-order valence-electron chi connectivity index (χ1n) is 7.07. The number of hydrogen-bond donors (Lipinski definition) is 1. The summed E-state index contributed by atoms with van der Waals surface area (Å²) in [6, 6.07) is 6.69. The highest BCUT2D eigenvalue weighted by Gasteiger charge is 2.21. The fourth-order valence-electron chi connectivity index (χ4n) is 2.92. The molecular formula is C16H23NO2. The zero-order valence-electron chi connectivity index (χ0n) is 11.9. The molecule has 1 aromatic carbocycles. The highest BCUT2D eigenvalue weighted by atomic mass is 16.4. The van der Waals surface area contributed by atoms with Crippen LogP contribution in [0.1, 0.15) is 41.9 Å². The number of likely N-dealkylation sites (tertiary alicyclic amines) is 1. The lowest BCUT2D eigenvalue weighted by Gasteiger charge is -2.32.